The minimum absolute atomic E-state index is 0.291. The molecule has 1 aliphatic carbocycles. The standard InChI is InChI=1S/C27H28N2O5/c1-17(28-25(31)20-10-4-5-11-21(20)26(28)32)27(33)34-16-24(30)29-22-12-6-2-8-18(22)14-15-19-9-3-7-13-23(19)29/h2-3,6-9,12-13,17,20-21H,4-5,10-11,14-16H2,1H3/t17-,20-,21-/m1/s1. The van der Waals surface area contributed by atoms with E-state index in [1.807, 2.05) is 48.5 Å². The minimum Gasteiger partial charge on any atom is -0.454 e. The first kappa shape index (κ1) is 22.3. The molecule has 1 saturated carbocycles. The number of imide groups is 1. The number of carbonyl (C=O) groups is 4. The van der Waals surface area contributed by atoms with Crippen LogP contribution >= 0.6 is 0 Å². The smallest absolute Gasteiger partial charge is 0.329 e. The number of likely N-dealkylation sites (tertiary alicyclic amines) is 1. The van der Waals surface area contributed by atoms with Crippen molar-refractivity contribution in [2.24, 2.45) is 11.8 Å². The van der Waals surface area contributed by atoms with Gasteiger partial charge in [-0.1, -0.05) is 49.2 Å². The van der Waals surface area contributed by atoms with Gasteiger partial charge in [0.25, 0.3) is 5.91 Å². The molecule has 7 nitrogen and oxygen atoms in total. The molecule has 34 heavy (non-hydrogen) atoms. The number of carbonyl (C=O) groups excluding carboxylic acids is 4. The number of hydrogen-bond donors (Lipinski definition) is 0. The van der Waals surface area contributed by atoms with Crippen molar-refractivity contribution in [1.29, 1.82) is 0 Å². The Bertz CT molecular complexity index is 1090. The second kappa shape index (κ2) is 9.05. The SMILES string of the molecule is C[C@H](C(=O)OCC(=O)N1c2ccccc2CCc2ccccc21)N1C(=O)[C@@H]2CCCC[C@H]2C1=O. The number of esters is 1. The predicted octanol–water partition coefficient (Wildman–Crippen LogP) is 3.56. The fourth-order valence-corrected chi connectivity index (χ4v) is 5.54. The maximum absolute atomic E-state index is 13.4. The maximum atomic E-state index is 13.4. The van der Waals surface area contributed by atoms with Crippen molar-refractivity contribution in [2.45, 2.75) is 51.5 Å². The van der Waals surface area contributed by atoms with Gasteiger partial charge in [0.15, 0.2) is 6.61 Å². The zero-order chi connectivity index (χ0) is 23.8. The van der Waals surface area contributed by atoms with E-state index in [0.29, 0.717) is 12.8 Å². The van der Waals surface area contributed by atoms with Gasteiger partial charge in [-0.05, 0) is 55.9 Å². The number of ether oxygens (including phenoxy) is 1. The van der Waals surface area contributed by atoms with E-state index in [-0.39, 0.29) is 29.6 Å². The van der Waals surface area contributed by atoms with Crippen LogP contribution in [-0.2, 0) is 36.8 Å². The number of rotatable bonds is 4. The molecular formula is C27H28N2O5. The summed E-state index contributed by atoms with van der Waals surface area (Å²) < 4.78 is 5.38. The minimum atomic E-state index is -1.05. The summed E-state index contributed by atoms with van der Waals surface area (Å²) in [5.41, 5.74) is 3.64. The zero-order valence-corrected chi connectivity index (χ0v) is 19.2. The van der Waals surface area contributed by atoms with Crippen molar-refractivity contribution < 1.29 is 23.9 Å². The molecule has 3 atom stereocenters. The number of aryl methyl sites for hydroxylation is 2. The molecule has 0 N–H and O–H groups in total. The molecule has 0 unspecified atom stereocenters. The van der Waals surface area contributed by atoms with Crippen LogP contribution in [0.25, 0.3) is 0 Å². The fraction of sp³-hybridized carbons (Fsp3) is 0.407. The van der Waals surface area contributed by atoms with Crippen LogP contribution in [0.2, 0.25) is 0 Å². The van der Waals surface area contributed by atoms with Crippen molar-refractivity contribution >= 4 is 35.1 Å². The van der Waals surface area contributed by atoms with E-state index >= 15 is 0 Å². The largest absolute Gasteiger partial charge is 0.454 e. The van der Waals surface area contributed by atoms with Crippen LogP contribution in [0, 0.1) is 11.8 Å². The number of nitrogens with zero attached hydrogens (tertiary/aromatic N) is 2. The summed E-state index contributed by atoms with van der Waals surface area (Å²) in [5.74, 6) is -2.37. The summed E-state index contributed by atoms with van der Waals surface area (Å²) in [4.78, 5) is 54.5. The Balaban J connectivity index is 1.32. The van der Waals surface area contributed by atoms with Crippen LogP contribution in [0.3, 0.4) is 0 Å². The Morgan fingerprint density at radius 1 is 0.882 bits per heavy atom. The molecule has 7 heteroatoms. The van der Waals surface area contributed by atoms with E-state index in [1.54, 1.807) is 4.90 Å². The van der Waals surface area contributed by atoms with Crippen molar-refractivity contribution in [1.82, 2.24) is 4.90 Å². The third-order valence-corrected chi connectivity index (χ3v) is 7.32. The maximum Gasteiger partial charge on any atom is 0.329 e. The highest BCUT2D eigenvalue weighted by Crippen LogP contribution is 2.39. The van der Waals surface area contributed by atoms with Crippen LogP contribution < -0.4 is 4.90 Å². The molecule has 0 aromatic heterocycles. The lowest BCUT2D eigenvalue weighted by Crippen LogP contribution is -2.45. The van der Waals surface area contributed by atoms with Gasteiger partial charge in [0.2, 0.25) is 11.8 Å². The average Bonchev–Trinajstić information content (AvgIpc) is 3.01. The van der Waals surface area contributed by atoms with E-state index in [0.717, 1.165) is 53.1 Å². The van der Waals surface area contributed by atoms with Crippen LogP contribution in [0.4, 0.5) is 11.4 Å². The van der Waals surface area contributed by atoms with Gasteiger partial charge in [-0.15, -0.1) is 0 Å². The van der Waals surface area contributed by atoms with Crippen LogP contribution in [0.5, 0.6) is 0 Å². The molecular weight excluding hydrogens is 432 g/mol. The summed E-state index contributed by atoms with van der Waals surface area (Å²) in [6, 6.07) is 14.4. The molecule has 2 aliphatic heterocycles. The van der Waals surface area contributed by atoms with Crippen LogP contribution in [-0.4, -0.2) is 41.2 Å². The first-order chi connectivity index (χ1) is 16.5. The molecule has 3 aliphatic rings. The number of hydrogen-bond acceptors (Lipinski definition) is 5. The molecule has 1 saturated heterocycles. The highest BCUT2D eigenvalue weighted by Gasteiger charge is 2.51. The summed E-state index contributed by atoms with van der Waals surface area (Å²) in [7, 11) is 0. The van der Waals surface area contributed by atoms with E-state index in [4.69, 9.17) is 4.74 Å². The first-order valence-corrected chi connectivity index (χ1v) is 12.0. The van der Waals surface area contributed by atoms with Crippen molar-refractivity contribution in [3.8, 4) is 0 Å². The molecule has 2 fully saturated rings. The van der Waals surface area contributed by atoms with Gasteiger partial charge < -0.3 is 4.74 Å². The lowest BCUT2D eigenvalue weighted by atomic mass is 9.81. The third-order valence-electron chi connectivity index (χ3n) is 7.32. The number of benzene rings is 2. The van der Waals surface area contributed by atoms with E-state index in [1.165, 1.54) is 6.92 Å². The monoisotopic (exact) mass is 460 g/mol. The zero-order valence-electron chi connectivity index (χ0n) is 19.2. The van der Waals surface area contributed by atoms with Gasteiger partial charge in [0.05, 0.1) is 23.2 Å². The Morgan fingerprint density at radius 3 is 1.91 bits per heavy atom. The molecule has 176 valence electrons. The Hall–Kier alpha value is -3.48. The predicted molar refractivity (Wildman–Crippen MR) is 125 cm³/mol. The quantitative estimate of drug-likeness (QED) is 0.515. The molecule has 2 heterocycles. The fourth-order valence-electron chi connectivity index (χ4n) is 5.54. The second-order valence-corrected chi connectivity index (χ2v) is 9.31. The summed E-state index contributed by atoms with van der Waals surface area (Å²) in [6.45, 7) is 1.02. The summed E-state index contributed by atoms with van der Waals surface area (Å²) in [5, 5.41) is 0. The molecule has 2 aromatic carbocycles. The van der Waals surface area contributed by atoms with Gasteiger partial charge in [-0.3, -0.25) is 24.2 Å². The molecule has 0 spiro atoms. The Labute approximate surface area is 198 Å². The van der Waals surface area contributed by atoms with Gasteiger partial charge >= 0.3 is 5.97 Å². The number of amides is 3. The van der Waals surface area contributed by atoms with E-state index in [2.05, 4.69) is 0 Å². The number of fused-ring (bicyclic) bond motifs is 3. The van der Waals surface area contributed by atoms with Crippen LogP contribution in [0.1, 0.15) is 43.7 Å². The normalized spacial score (nSPS) is 22.4. The average molecular weight is 461 g/mol. The number of para-hydroxylation sites is 2. The second-order valence-electron chi connectivity index (χ2n) is 9.31. The molecule has 5 rings (SSSR count). The third kappa shape index (κ3) is 3.79. The lowest BCUT2D eigenvalue weighted by Gasteiger charge is -2.26. The molecule has 3 amide bonds. The number of anilines is 2. The van der Waals surface area contributed by atoms with Crippen molar-refractivity contribution in [3.63, 3.8) is 0 Å². The Morgan fingerprint density at radius 2 is 1.38 bits per heavy atom. The van der Waals surface area contributed by atoms with E-state index in [9.17, 15) is 19.2 Å². The Kier molecular flexibility index (Phi) is 5.94. The topological polar surface area (TPSA) is 84.0 Å². The molecule has 0 radical (unpaired) electrons. The molecule has 2 aromatic rings. The van der Waals surface area contributed by atoms with Gasteiger partial charge in [-0.25, -0.2) is 4.79 Å². The van der Waals surface area contributed by atoms with E-state index < -0.39 is 18.6 Å². The first-order valence-electron chi connectivity index (χ1n) is 12.0. The van der Waals surface area contributed by atoms with Gasteiger partial charge in [0, 0.05) is 0 Å². The van der Waals surface area contributed by atoms with Crippen LogP contribution in [0.15, 0.2) is 48.5 Å². The van der Waals surface area contributed by atoms with Crippen molar-refractivity contribution in [3.05, 3.63) is 59.7 Å². The van der Waals surface area contributed by atoms with Crippen molar-refractivity contribution in [2.75, 3.05) is 11.5 Å². The highest BCUT2D eigenvalue weighted by molar-refractivity contribution is 6.08. The molecule has 0 bridgehead atoms. The van der Waals surface area contributed by atoms with Gasteiger partial charge in [-0.2, -0.15) is 0 Å². The highest BCUT2D eigenvalue weighted by atomic mass is 16.5. The summed E-state index contributed by atoms with van der Waals surface area (Å²) in [6.07, 6.45) is 4.80. The van der Waals surface area contributed by atoms with Gasteiger partial charge in [0.1, 0.15) is 6.04 Å². The lowest BCUT2D eigenvalue weighted by molar-refractivity contribution is -0.159. The summed E-state index contributed by atoms with van der Waals surface area (Å²) >= 11 is 0.